The van der Waals surface area contributed by atoms with Crippen molar-refractivity contribution < 1.29 is 4.39 Å². The van der Waals surface area contributed by atoms with Crippen molar-refractivity contribution in [1.82, 2.24) is 0 Å². The van der Waals surface area contributed by atoms with E-state index in [1.54, 1.807) is 0 Å². The van der Waals surface area contributed by atoms with Crippen LogP contribution < -0.4 is 5.73 Å². The molecule has 0 atom stereocenters. The molecule has 2 N–H and O–H groups in total. The maximum Gasteiger partial charge on any atom is 0.123 e. The first-order valence-corrected chi connectivity index (χ1v) is 6.33. The number of hydrogen-bond donors (Lipinski definition) is 1. The lowest BCUT2D eigenvalue weighted by molar-refractivity contribution is 0.0503. The zero-order valence-corrected chi connectivity index (χ0v) is 11.0. The van der Waals surface area contributed by atoms with E-state index in [0.717, 1.165) is 18.8 Å². The predicted molar refractivity (Wildman–Crippen MR) is 69.3 cm³/mol. The van der Waals surface area contributed by atoms with Crippen LogP contribution in [0.2, 0.25) is 0 Å². The Labute approximate surface area is 103 Å². The summed E-state index contributed by atoms with van der Waals surface area (Å²) in [4.78, 5) is 0. The molecule has 0 heterocycles. The summed E-state index contributed by atoms with van der Waals surface area (Å²) < 4.78 is 12.9. The Morgan fingerprint density at radius 2 is 1.76 bits per heavy atom. The Kier molecular flexibility index (Phi) is 3.03. The number of halogens is 1. The van der Waals surface area contributed by atoms with Gasteiger partial charge in [0.1, 0.15) is 5.82 Å². The summed E-state index contributed by atoms with van der Waals surface area (Å²) in [5, 5.41) is 0. The molecule has 1 aromatic rings. The summed E-state index contributed by atoms with van der Waals surface area (Å²) in [5.74, 6) is 0.545. The molecule has 1 fully saturated rings. The molecule has 2 rings (SSSR count). The van der Waals surface area contributed by atoms with Gasteiger partial charge in [-0.25, -0.2) is 4.39 Å². The first kappa shape index (κ1) is 12.6. The average Bonchev–Trinajstić information content (AvgIpc) is 2.18. The minimum Gasteiger partial charge on any atom is -0.330 e. The molecule has 0 aromatic heterocycles. The predicted octanol–water partition coefficient (Wildman–Crippen LogP) is 3.48. The normalized spacial score (nSPS) is 28.9. The first-order chi connectivity index (χ1) is 7.87. The van der Waals surface area contributed by atoms with Crippen LogP contribution >= 0.6 is 0 Å². The van der Waals surface area contributed by atoms with Gasteiger partial charge in [-0.3, -0.25) is 0 Å². The molecular formula is C15H22FN. The third kappa shape index (κ3) is 2.23. The van der Waals surface area contributed by atoms with Crippen molar-refractivity contribution in [3.05, 3.63) is 35.6 Å². The van der Waals surface area contributed by atoms with Gasteiger partial charge >= 0.3 is 0 Å². The maximum absolute atomic E-state index is 12.9. The molecule has 1 nitrogen and oxygen atoms in total. The van der Waals surface area contributed by atoms with Gasteiger partial charge in [-0.1, -0.05) is 32.9 Å². The zero-order valence-electron chi connectivity index (χ0n) is 11.0. The number of rotatable bonds is 2. The smallest absolute Gasteiger partial charge is 0.123 e. The van der Waals surface area contributed by atoms with Crippen LogP contribution in [0, 0.1) is 17.2 Å². The van der Waals surface area contributed by atoms with Crippen LogP contribution in [0.1, 0.15) is 39.2 Å². The zero-order chi connectivity index (χ0) is 12.7. The topological polar surface area (TPSA) is 26.0 Å². The van der Waals surface area contributed by atoms with Crippen LogP contribution in [-0.4, -0.2) is 6.54 Å². The second-order valence-corrected chi connectivity index (χ2v) is 6.46. The Balaban J connectivity index is 2.17. The van der Waals surface area contributed by atoms with Gasteiger partial charge in [0, 0.05) is 12.0 Å². The largest absolute Gasteiger partial charge is 0.330 e. The third-order valence-electron chi connectivity index (χ3n) is 4.35. The van der Waals surface area contributed by atoms with Crippen molar-refractivity contribution in [1.29, 1.82) is 0 Å². The lowest BCUT2D eigenvalue weighted by Crippen LogP contribution is -2.50. The average molecular weight is 235 g/mol. The van der Waals surface area contributed by atoms with Crippen LogP contribution in [0.4, 0.5) is 4.39 Å². The molecule has 17 heavy (non-hydrogen) atoms. The second kappa shape index (κ2) is 4.09. The van der Waals surface area contributed by atoms with Gasteiger partial charge in [0.05, 0.1) is 0 Å². The lowest BCUT2D eigenvalue weighted by Gasteiger charge is -2.53. The Morgan fingerprint density at radius 3 is 2.18 bits per heavy atom. The van der Waals surface area contributed by atoms with Crippen LogP contribution in [0.5, 0.6) is 0 Å². The summed E-state index contributed by atoms with van der Waals surface area (Å²) in [7, 11) is 0. The first-order valence-electron chi connectivity index (χ1n) is 6.33. The number of benzene rings is 1. The standard InChI is InChI=1S/C15H22FN/c1-14(2,3)12-8-15(9-12,10-17)11-4-6-13(16)7-5-11/h4-7,12H,8-10,17H2,1-3H3. The van der Waals surface area contributed by atoms with Crippen molar-refractivity contribution in [2.45, 2.75) is 39.0 Å². The van der Waals surface area contributed by atoms with Gasteiger partial charge in [0.15, 0.2) is 0 Å². The Morgan fingerprint density at radius 1 is 1.24 bits per heavy atom. The van der Waals surface area contributed by atoms with E-state index in [2.05, 4.69) is 20.8 Å². The molecule has 0 spiro atoms. The third-order valence-corrected chi connectivity index (χ3v) is 4.35. The van der Waals surface area contributed by atoms with Crippen LogP contribution in [0.15, 0.2) is 24.3 Å². The molecular weight excluding hydrogens is 213 g/mol. The molecule has 94 valence electrons. The quantitative estimate of drug-likeness (QED) is 0.834. The lowest BCUT2D eigenvalue weighted by atomic mass is 9.52. The van der Waals surface area contributed by atoms with Crippen molar-refractivity contribution in [3.63, 3.8) is 0 Å². The van der Waals surface area contributed by atoms with Gasteiger partial charge in [0.2, 0.25) is 0 Å². The highest BCUT2D eigenvalue weighted by Gasteiger charge is 2.48. The molecule has 0 saturated heterocycles. The van der Waals surface area contributed by atoms with Gasteiger partial charge in [-0.15, -0.1) is 0 Å². The molecule has 0 radical (unpaired) electrons. The van der Waals surface area contributed by atoms with Crippen molar-refractivity contribution in [3.8, 4) is 0 Å². The van der Waals surface area contributed by atoms with E-state index in [4.69, 9.17) is 5.73 Å². The fourth-order valence-corrected chi connectivity index (χ4v) is 2.82. The van der Waals surface area contributed by atoms with Crippen molar-refractivity contribution >= 4 is 0 Å². The number of nitrogens with two attached hydrogens (primary N) is 1. The fourth-order valence-electron chi connectivity index (χ4n) is 2.82. The second-order valence-electron chi connectivity index (χ2n) is 6.46. The summed E-state index contributed by atoms with van der Waals surface area (Å²) in [6, 6.07) is 6.86. The Bertz CT molecular complexity index is 382. The fraction of sp³-hybridized carbons (Fsp3) is 0.600. The van der Waals surface area contributed by atoms with E-state index in [1.165, 1.54) is 17.7 Å². The van der Waals surface area contributed by atoms with Crippen LogP contribution in [0.25, 0.3) is 0 Å². The minimum atomic E-state index is -0.174. The van der Waals surface area contributed by atoms with Crippen molar-refractivity contribution in [2.75, 3.05) is 6.54 Å². The van der Waals surface area contributed by atoms with E-state index < -0.39 is 0 Å². The summed E-state index contributed by atoms with van der Waals surface area (Å²) in [6.07, 6.45) is 2.25. The Hall–Kier alpha value is -0.890. The van der Waals surface area contributed by atoms with E-state index in [9.17, 15) is 4.39 Å². The van der Waals surface area contributed by atoms with Gasteiger partial charge in [-0.05, 0) is 41.9 Å². The molecule has 1 aliphatic rings. The van der Waals surface area contributed by atoms with Crippen LogP contribution in [0.3, 0.4) is 0 Å². The molecule has 2 heteroatoms. The SMILES string of the molecule is CC(C)(C)C1CC(CN)(c2ccc(F)cc2)C1. The summed E-state index contributed by atoms with van der Waals surface area (Å²) >= 11 is 0. The van der Waals surface area contributed by atoms with Gasteiger partial charge < -0.3 is 5.73 Å². The summed E-state index contributed by atoms with van der Waals surface area (Å²) in [6.45, 7) is 7.50. The summed E-state index contributed by atoms with van der Waals surface area (Å²) in [5.41, 5.74) is 7.58. The minimum absolute atomic E-state index is 0.0889. The van der Waals surface area contributed by atoms with Crippen LogP contribution in [-0.2, 0) is 5.41 Å². The van der Waals surface area contributed by atoms with Gasteiger partial charge in [-0.2, -0.15) is 0 Å². The monoisotopic (exact) mass is 235 g/mol. The molecule has 1 aromatic carbocycles. The van der Waals surface area contributed by atoms with Gasteiger partial charge in [0.25, 0.3) is 0 Å². The van der Waals surface area contributed by atoms with E-state index >= 15 is 0 Å². The number of hydrogen-bond acceptors (Lipinski definition) is 1. The van der Waals surface area contributed by atoms with E-state index in [1.807, 2.05) is 12.1 Å². The molecule has 0 aliphatic heterocycles. The maximum atomic E-state index is 12.9. The van der Waals surface area contributed by atoms with E-state index in [0.29, 0.717) is 12.0 Å². The molecule has 0 amide bonds. The highest BCUT2D eigenvalue weighted by molar-refractivity contribution is 5.30. The highest BCUT2D eigenvalue weighted by Crippen LogP contribution is 2.53. The van der Waals surface area contributed by atoms with E-state index in [-0.39, 0.29) is 11.2 Å². The molecule has 0 unspecified atom stereocenters. The molecule has 1 saturated carbocycles. The van der Waals surface area contributed by atoms with Crippen molar-refractivity contribution in [2.24, 2.45) is 17.1 Å². The highest BCUT2D eigenvalue weighted by atomic mass is 19.1. The molecule has 0 bridgehead atoms. The molecule has 1 aliphatic carbocycles.